The average Bonchev–Trinajstić information content (AvgIpc) is 3.11. The number of benzene rings is 2. The second-order valence-electron chi connectivity index (χ2n) is 8.59. The Labute approximate surface area is 204 Å². The number of hydrazine groups is 1. The van der Waals surface area contributed by atoms with Crippen molar-refractivity contribution in [1.29, 1.82) is 0 Å². The summed E-state index contributed by atoms with van der Waals surface area (Å²) < 4.78 is 0. The van der Waals surface area contributed by atoms with E-state index in [2.05, 4.69) is 0 Å². The van der Waals surface area contributed by atoms with Gasteiger partial charge in [0.15, 0.2) is 5.78 Å². The van der Waals surface area contributed by atoms with Crippen LogP contribution in [0.25, 0.3) is 0 Å². The number of Topliss-reactive ketones (excluding diaryl/α,β-unsaturated/α-hetero) is 1. The first-order valence-electron chi connectivity index (χ1n) is 11.0. The van der Waals surface area contributed by atoms with Crippen LogP contribution in [0.3, 0.4) is 0 Å². The second-order valence-corrected chi connectivity index (χ2v) is 8.59. The summed E-state index contributed by atoms with van der Waals surface area (Å²) >= 11 is 0. The van der Waals surface area contributed by atoms with E-state index >= 15 is 0 Å². The predicted molar refractivity (Wildman–Crippen MR) is 123 cm³/mol. The van der Waals surface area contributed by atoms with Crippen LogP contribution in [0.15, 0.2) is 60.2 Å². The number of nitro groups is 2. The highest BCUT2D eigenvalue weighted by Crippen LogP contribution is 2.38. The normalized spacial score (nSPS) is 18.9. The van der Waals surface area contributed by atoms with Crippen LogP contribution in [0.1, 0.15) is 40.5 Å². The number of imide groups is 1. The first kappa shape index (κ1) is 24.4. The smallest absolute Gasteiger partial charge is 0.273 e. The largest absolute Gasteiger partial charge is 0.292 e. The molecule has 2 aromatic carbocycles. The molecule has 2 aromatic rings. The predicted octanol–water partition coefficient (Wildman–Crippen LogP) is 3.08. The minimum atomic E-state index is -0.870. The Morgan fingerprint density at radius 3 is 1.92 bits per heavy atom. The van der Waals surface area contributed by atoms with Gasteiger partial charge in [-0.3, -0.25) is 39.4 Å². The van der Waals surface area contributed by atoms with E-state index in [0.717, 1.165) is 34.8 Å². The summed E-state index contributed by atoms with van der Waals surface area (Å²) in [5, 5.41) is 23.3. The van der Waals surface area contributed by atoms with Gasteiger partial charge in [-0.2, -0.15) is 5.01 Å². The van der Waals surface area contributed by atoms with Gasteiger partial charge in [-0.05, 0) is 44.0 Å². The van der Waals surface area contributed by atoms with Crippen molar-refractivity contribution in [2.75, 3.05) is 6.54 Å². The molecule has 0 N–H and O–H groups in total. The molecule has 12 heteroatoms. The number of allylic oxidation sites excluding steroid dienone is 2. The molecule has 36 heavy (non-hydrogen) atoms. The molecule has 0 saturated carbocycles. The lowest BCUT2D eigenvalue weighted by atomic mass is 9.82. The highest BCUT2D eigenvalue weighted by Gasteiger charge is 2.51. The third-order valence-electron chi connectivity index (χ3n) is 6.29. The Kier molecular flexibility index (Phi) is 6.43. The van der Waals surface area contributed by atoms with Crippen LogP contribution in [0.5, 0.6) is 0 Å². The minimum absolute atomic E-state index is 0.0381. The van der Waals surface area contributed by atoms with E-state index in [1.807, 2.05) is 13.0 Å². The van der Waals surface area contributed by atoms with E-state index < -0.39 is 51.7 Å². The van der Waals surface area contributed by atoms with E-state index in [1.165, 1.54) is 24.3 Å². The van der Waals surface area contributed by atoms with Crippen molar-refractivity contribution < 1.29 is 29.0 Å². The summed E-state index contributed by atoms with van der Waals surface area (Å²) in [5.41, 5.74) is 0.413. The number of ketones is 1. The van der Waals surface area contributed by atoms with Crippen LogP contribution in [-0.4, -0.2) is 49.9 Å². The van der Waals surface area contributed by atoms with Crippen molar-refractivity contribution in [3.05, 3.63) is 91.5 Å². The van der Waals surface area contributed by atoms with Gasteiger partial charge in [-0.15, -0.1) is 0 Å². The fourth-order valence-corrected chi connectivity index (χ4v) is 4.36. The molecular weight excluding hydrogens is 472 g/mol. The van der Waals surface area contributed by atoms with E-state index in [0.29, 0.717) is 17.9 Å². The van der Waals surface area contributed by atoms with E-state index in [4.69, 9.17) is 0 Å². The molecule has 2 aliphatic rings. The van der Waals surface area contributed by atoms with Crippen molar-refractivity contribution in [2.45, 2.75) is 19.8 Å². The molecular formula is C24H20N4O8. The molecule has 0 spiro atoms. The molecule has 1 aliphatic heterocycles. The number of nitro benzene ring substituents is 2. The number of carbonyl (C=O) groups excluding carboxylic acids is 4. The summed E-state index contributed by atoms with van der Waals surface area (Å²) in [5.74, 6) is -4.08. The molecule has 1 aliphatic carbocycles. The number of hydrogen-bond acceptors (Lipinski definition) is 8. The first-order chi connectivity index (χ1) is 17.1. The summed E-state index contributed by atoms with van der Waals surface area (Å²) in [6.07, 6.45) is 2.54. The van der Waals surface area contributed by atoms with Crippen LogP contribution >= 0.6 is 0 Å². The Morgan fingerprint density at radius 1 is 0.889 bits per heavy atom. The molecule has 1 saturated heterocycles. The molecule has 4 rings (SSSR count). The molecule has 3 amide bonds. The number of amides is 3. The summed E-state index contributed by atoms with van der Waals surface area (Å²) in [4.78, 5) is 73.6. The SMILES string of the molecule is CC1=CC[C@@H]2C(=O)N(N(CC(=O)c3ccc([N+](=O)[O-])cc3)C(=O)c3ccc([N+](=O)[O-])cc3)C(=O)[C@@H]2C1. The zero-order chi connectivity index (χ0) is 26.1. The molecule has 0 radical (unpaired) electrons. The molecule has 0 unspecified atom stereocenters. The molecule has 0 aromatic heterocycles. The Bertz CT molecular complexity index is 1320. The number of hydrogen-bond donors (Lipinski definition) is 0. The van der Waals surface area contributed by atoms with E-state index in [9.17, 15) is 39.4 Å². The van der Waals surface area contributed by atoms with Crippen molar-refractivity contribution in [1.82, 2.24) is 10.0 Å². The summed E-state index contributed by atoms with van der Waals surface area (Å²) in [6, 6.07) is 9.25. The maximum atomic E-state index is 13.4. The first-order valence-corrected chi connectivity index (χ1v) is 11.0. The number of nitrogens with zero attached hydrogens (tertiary/aromatic N) is 4. The monoisotopic (exact) mass is 492 g/mol. The average molecular weight is 492 g/mol. The fraction of sp³-hybridized carbons (Fsp3) is 0.250. The van der Waals surface area contributed by atoms with E-state index in [-0.39, 0.29) is 22.5 Å². The highest BCUT2D eigenvalue weighted by molar-refractivity contribution is 6.09. The van der Waals surface area contributed by atoms with Gasteiger partial charge in [0.2, 0.25) is 0 Å². The maximum Gasteiger partial charge on any atom is 0.273 e. The molecule has 2 atom stereocenters. The molecule has 1 heterocycles. The molecule has 0 bridgehead atoms. The summed E-state index contributed by atoms with van der Waals surface area (Å²) in [6.45, 7) is 1.14. The lowest BCUT2D eigenvalue weighted by Gasteiger charge is -2.30. The number of non-ortho nitro benzene ring substituents is 2. The van der Waals surface area contributed by atoms with Gasteiger partial charge in [0.05, 0.1) is 21.7 Å². The number of rotatable bonds is 7. The topological polar surface area (TPSA) is 161 Å². The van der Waals surface area contributed by atoms with Gasteiger partial charge in [0.25, 0.3) is 29.1 Å². The van der Waals surface area contributed by atoms with Gasteiger partial charge in [-0.1, -0.05) is 11.6 Å². The minimum Gasteiger partial charge on any atom is -0.292 e. The highest BCUT2D eigenvalue weighted by atomic mass is 16.6. The maximum absolute atomic E-state index is 13.4. The van der Waals surface area contributed by atoms with Crippen LogP contribution in [0, 0.1) is 32.1 Å². The number of fused-ring (bicyclic) bond motifs is 1. The van der Waals surface area contributed by atoms with Crippen LogP contribution in [0.4, 0.5) is 11.4 Å². The van der Waals surface area contributed by atoms with E-state index in [1.54, 1.807) is 0 Å². The van der Waals surface area contributed by atoms with Gasteiger partial charge in [0.1, 0.15) is 6.54 Å². The zero-order valence-electron chi connectivity index (χ0n) is 19.0. The third kappa shape index (κ3) is 4.48. The zero-order valence-corrected chi connectivity index (χ0v) is 19.0. The lowest BCUT2D eigenvalue weighted by Crippen LogP contribution is -2.52. The Balaban J connectivity index is 1.68. The van der Waals surface area contributed by atoms with Crippen LogP contribution < -0.4 is 0 Å². The van der Waals surface area contributed by atoms with Gasteiger partial charge >= 0.3 is 0 Å². The molecule has 12 nitrogen and oxygen atoms in total. The van der Waals surface area contributed by atoms with Crippen molar-refractivity contribution in [3.8, 4) is 0 Å². The van der Waals surface area contributed by atoms with Gasteiger partial charge in [0, 0.05) is 35.4 Å². The number of carbonyl (C=O) groups is 4. The van der Waals surface area contributed by atoms with Crippen molar-refractivity contribution >= 4 is 34.9 Å². The van der Waals surface area contributed by atoms with Gasteiger partial charge in [-0.25, -0.2) is 5.01 Å². The van der Waals surface area contributed by atoms with Crippen molar-refractivity contribution in [2.24, 2.45) is 11.8 Å². The molecule has 1 fully saturated rings. The lowest BCUT2D eigenvalue weighted by molar-refractivity contribution is -0.385. The van der Waals surface area contributed by atoms with Crippen LogP contribution in [0.2, 0.25) is 0 Å². The Morgan fingerprint density at radius 2 is 1.39 bits per heavy atom. The second kappa shape index (κ2) is 9.49. The van der Waals surface area contributed by atoms with Crippen molar-refractivity contribution in [3.63, 3.8) is 0 Å². The van der Waals surface area contributed by atoms with Gasteiger partial charge < -0.3 is 0 Å². The third-order valence-corrected chi connectivity index (χ3v) is 6.29. The standard InChI is InChI=1S/C24H20N4O8/c1-14-2-11-19-20(12-14)24(32)26(23(19)31)25(22(30)16-5-9-18(10-6-16)28(35)36)13-21(29)15-3-7-17(8-4-15)27(33)34/h2-10,19-20H,11-13H2,1H3/t19-,20+/m0/s1. The van der Waals surface area contributed by atoms with Crippen LogP contribution in [-0.2, 0) is 9.59 Å². The summed E-state index contributed by atoms with van der Waals surface area (Å²) in [7, 11) is 0. The Hall–Kier alpha value is -4.74. The molecule has 184 valence electrons. The quantitative estimate of drug-likeness (QED) is 0.187. The fourth-order valence-electron chi connectivity index (χ4n) is 4.36.